The standard InChI is InChI=1S/C39H64/c1-20-26(27-22-21-25(34(2,3)4)23-29(27)35(5,6)7)28-24-30(36(8,9)10)32(38(14,15)16)33(39(17,18)19)31(28)37(11,12)13/h21-24,26H,20H2,1-19H3. The fraction of sp³-hybridized carbons (Fsp3) is 0.692. The molecule has 0 saturated carbocycles. The minimum atomic E-state index is 0.0228. The summed E-state index contributed by atoms with van der Waals surface area (Å²) in [6.07, 6.45) is 1.09. The van der Waals surface area contributed by atoms with Crippen molar-refractivity contribution in [3.05, 3.63) is 68.8 Å². The Labute approximate surface area is 244 Å². The van der Waals surface area contributed by atoms with Gasteiger partial charge in [-0.2, -0.15) is 0 Å². The largest absolute Gasteiger partial charge is 0.0645 e. The summed E-state index contributed by atoms with van der Waals surface area (Å²) in [4.78, 5) is 0. The second-order valence-electron chi connectivity index (χ2n) is 18.4. The zero-order valence-corrected chi connectivity index (χ0v) is 29.6. The summed E-state index contributed by atoms with van der Waals surface area (Å²) < 4.78 is 0. The first-order chi connectivity index (χ1) is 17.1. The third-order valence-corrected chi connectivity index (χ3v) is 8.30. The van der Waals surface area contributed by atoms with Crippen LogP contribution in [0.4, 0.5) is 0 Å². The monoisotopic (exact) mass is 533 g/mol. The summed E-state index contributed by atoms with van der Waals surface area (Å²) in [5.74, 6) is 0.346. The van der Waals surface area contributed by atoms with Crippen molar-refractivity contribution in [2.75, 3.05) is 0 Å². The van der Waals surface area contributed by atoms with E-state index in [1.165, 1.54) is 22.3 Å². The van der Waals surface area contributed by atoms with Crippen LogP contribution in [0, 0.1) is 0 Å². The van der Waals surface area contributed by atoms with E-state index in [4.69, 9.17) is 0 Å². The average Bonchev–Trinajstić information content (AvgIpc) is 2.69. The molecule has 0 heteroatoms. The molecule has 0 aromatic heterocycles. The molecule has 39 heavy (non-hydrogen) atoms. The Kier molecular flexibility index (Phi) is 8.94. The summed E-state index contributed by atoms with van der Waals surface area (Å²) in [7, 11) is 0. The van der Waals surface area contributed by atoms with Crippen LogP contribution >= 0.6 is 0 Å². The maximum absolute atomic E-state index is 2.65. The van der Waals surface area contributed by atoms with Gasteiger partial charge in [0.15, 0.2) is 0 Å². The van der Waals surface area contributed by atoms with Gasteiger partial charge >= 0.3 is 0 Å². The van der Waals surface area contributed by atoms with Crippen molar-refractivity contribution >= 4 is 0 Å². The molecule has 0 amide bonds. The van der Waals surface area contributed by atoms with E-state index in [0.29, 0.717) is 5.92 Å². The molecule has 0 bridgehead atoms. The molecular formula is C39H64. The average molecular weight is 533 g/mol. The molecular weight excluding hydrogens is 468 g/mol. The summed E-state index contributed by atoms with van der Waals surface area (Å²) in [5, 5.41) is 0. The zero-order chi connectivity index (χ0) is 30.7. The number of hydrogen-bond acceptors (Lipinski definition) is 0. The minimum Gasteiger partial charge on any atom is -0.0645 e. The molecule has 0 aliphatic rings. The number of benzene rings is 2. The van der Waals surface area contributed by atoms with Crippen LogP contribution in [0.3, 0.4) is 0 Å². The van der Waals surface area contributed by atoms with Gasteiger partial charge in [0.25, 0.3) is 0 Å². The van der Waals surface area contributed by atoms with Crippen LogP contribution < -0.4 is 0 Å². The molecule has 2 aromatic rings. The van der Waals surface area contributed by atoms with Gasteiger partial charge in [-0.25, -0.2) is 0 Å². The Bertz CT molecular complexity index is 1160. The van der Waals surface area contributed by atoms with Gasteiger partial charge in [-0.1, -0.05) is 156 Å². The first kappa shape index (κ1) is 33.6. The Balaban J connectivity index is 3.26. The molecule has 1 unspecified atom stereocenters. The highest BCUT2D eigenvalue weighted by molar-refractivity contribution is 5.59. The lowest BCUT2D eigenvalue weighted by Gasteiger charge is -2.43. The van der Waals surface area contributed by atoms with Crippen LogP contribution in [-0.4, -0.2) is 0 Å². The first-order valence-electron chi connectivity index (χ1n) is 15.5. The van der Waals surface area contributed by atoms with Crippen LogP contribution in [0.15, 0.2) is 24.3 Å². The van der Waals surface area contributed by atoms with E-state index in [1.54, 1.807) is 22.3 Å². The van der Waals surface area contributed by atoms with Crippen LogP contribution in [0.25, 0.3) is 0 Å². The topological polar surface area (TPSA) is 0 Å². The molecule has 0 heterocycles. The first-order valence-corrected chi connectivity index (χ1v) is 15.5. The highest BCUT2D eigenvalue weighted by Gasteiger charge is 2.39. The molecule has 2 rings (SSSR count). The second-order valence-corrected chi connectivity index (χ2v) is 18.4. The van der Waals surface area contributed by atoms with Gasteiger partial charge in [0.05, 0.1) is 0 Å². The lowest BCUT2D eigenvalue weighted by molar-refractivity contribution is 0.470. The minimum absolute atomic E-state index is 0.0228. The highest BCUT2D eigenvalue weighted by Crippen LogP contribution is 2.50. The summed E-state index contributed by atoms with van der Waals surface area (Å²) in [6, 6.07) is 10.1. The molecule has 0 saturated heterocycles. The lowest BCUT2D eigenvalue weighted by atomic mass is 9.61. The Morgan fingerprint density at radius 2 is 0.872 bits per heavy atom. The SMILES string of the molecule is CCC(c1ccc(C(C)(C)C)cc1C(C)(C)C)c1cc(C(C)(C)C)c(C(C)(C)C)c(C(C)(C)C)c1C(C)(C)C. The van der Waals surface area contributed by atoms with E-state index in [0.717, 1.165) is 6.42 Å². The van der Waals surface area contributed by atoms with Crippen molar-refractivity contribution in [1.82, 2.24) is 0 Å². The van der Waals surface area contributed by atoms with E-state index in [1.807, 2.05) is 0 Å². The molecule has 0 fully saturated rings. The maximum atomic E-state index is 2.65. The maximum Gasteiger partial charge on any atom is 0.00928 e. The van der Waals surface area contributed by atoms with Crippen molar-refractivity contribution in [2.45, 2.75) is 176 Å². The van der Waals surface area contributed by atoms with E-state index < -0.39 is 0 Å². The van der Waals surface area contributed by atoms with E-state index in [9.17, 15) is 0 Å². The molecule has 0 N–H and O–H groups in total. The lowest BCUT2D eigenvalue weighted by Crippen LogP contribution is -2.34. The predicted octanol–water partition coefficient (Wildman–Crippen LogP) is 12.0. The zero-order valence-electron chi connectivity index (χ0n) is 29.6. The third kappa shape index (κ3) is 7.21. The van der Waals surface area contributed by atoms with E-state index >= 15 is 0 Å². The fourth-order valence-corrected chi connectivity index (χ4v) is 6.49. The number of hydrogen-bond donors (Lipinski definition) is 0. The fourth-order valence-electron chi connectivity index (χ4n) is 6.49. The number of rotatable bonds is 3. The van der Waals surface area contributed by atoms with Gasteiger partial charge in [-0.05, 0) is 83.4 Å². The van der Waals surface area contributed by atoms with Gasteiger partial charge in [-0.3, -0.25) is 0 Å². The summed E-state index contributed by atoms with van der Waals surface area (Å²) in [6.45, 7) is 45.6. The van der Waals surface area contributed by atoms with Crippen molar-refractivity contribution in [3.63, 3.8) is 0 Å². The smallest absolute Gasteiger partial charge is 0.00928 e. The van der Waals surface area contributed by atoms with E-state index in [-0.39, 0.29) is 32.5 Å². The quantitative estimate of drug-likeness (QED) is 0.369. The molecule has 0 radical (unpaired) electrons. The third-order valence-electron chi connectivity index (χ3n) is 8.30. The predicted molar refractivity (Wildman–Crippen MR) is 177 cm³/mol. The molecule has 0 aliphatic carbocycles. The van der Waals surface area contributed by atoms with E-state index in [2.05, 4.69) is 156 Å². The Morgan fingerprint density at radius 3 is 1.21 bits per heavy atom. The van der Waals surface area contributed by atoms with Gasteiger partial charge in [0.2, 0.25) is 0 Å². The van der Waals surface area contributed by atoms with Gasteiger partial charge < -0.3 is 0 Å². The van der Waals surface area contributed by atoms with Gasteiger partial charge in [0.1, 0.15) is 0 Å². The van der Waals surface area contributed by atoms with Crippen LogP contribution in [-0.2, 0) is 32.5 Å². The van der Waals surface area contributed by atoms with Crippen molar-refractivity contribution in [1.29, 1.82) is 0 Å². The van der Waals surface area contributed by atoms with Crippen LogP contribution in [0.5, 0.6) is 0 Å². The summed E-state index contributed by atoms with van der Waals surface area (Å²) in [5.41, 5.74) is 12.5. The van der Waals surface area contributed by atoms with Gasteiger partial charge in [-0.15, -0.1) is 0 Å². The van der Waals surface area contributed by atoms with Crippen molar-refractivity contribution in [2.24, 2.45) is 0 Å². The van der Waals surface area contributed by atoms with Crippen molar-refractivity contribution < 1.29 is 0 Å². The molecule has 0 aliphatic heterocycles. The Hall–Kier alpha value is -1.56. The molecule has 2 aromatic carbocycles. The summed E-state index contributed by atoms with van der Waals surface area (Å²) >= 11 is 0. The van der Waals surface area contributed by atoms with Crippen LogP contribution in [0.2, 0.25) is 0 Å². The normalized spacial score (nSPS) is 15.1. The second kappa shape index (κ2) is 10.4. The van der Waals surface area contributed by atoms with Crippen molar-refractivity contribution in [3.8, 4) is 0 Å². The molecule has 0 spiro atoms. The van der Waals surface area contributed by atoms with Crippen LogP contribution in [0.1, 0.15) is 188 Å². The molecule has 220 valence electrons. The highest BCUT2D eigenvalue weighted by atomic mass is 14.4. The molecule has 0 nitrogen and oxygen atoms in total. The Morgan fingerprint density at radius 1 is 0.436 bits per heavy atom. The molecule has 1 atom stereocenters. The van der Waals surface area contributed by atoms with Gasteiger partial charge in [0, 0.05) is 5.92 Å².